The predicted octanol–water partition coefficient (Wildman–Crippen LogP) is 2.55. The highest BCUT2D eigenvalue weighted by molar-refractivity contribution is 6.21. The number of fused-ring (bicyclic) bond motifs is 1. The molecule has 0 aliphatic carbocycles. The molecule has 0 unspecified atom stereocenters. The van der Waals surface area contributed by atoms with Crippen LogP contribution in [0.25, 0.3) is 0 Å². The van der Waals surface area contributed by atoms with Crippen molar-refractivity contribution in [2.45, 2.75) is 53.0 Å². The first-order valence-corrected chi connectivity index (χ1v) is 9.31. The van der Waals surface area contributed by atoms with Gasteiger partial charge in [0.1, 0.15) is 0 Å². The number of ether oxygens (including phenoxy) is 1. The fraction of sp³-hybridized carbons (Fsp3) is 0.524. The van der Waals surface area contributed by atoms with Crippen LogP contribution in [0.2, 0.25) is 0 Å². The molecule has 0 saturated carbocycles. The van der Waals surface area contributed by atoms with Crippen LogP contribution in [0.1, 0.15) is 68.2 Å². The normalized spacial score (nSPS) is 14.1. The molecule has 0 fully saturated rings. The summed E-state index contributed by atoms with van der Waals surface area (Å²) < 4.78 is 4.99. The summed E-state index contributed by atoms with van der Waals surface area (Å²) in [6, 6.07) is 6.53. The molecule has 0 bridgehead atoms. The van der Waals surface area contributed by atoms with Crippen LogP contribution < -0.4 is 5.32 Å². The number of benzene rings is 1. The van der Waals surface area contributed by atoms with E-state index in [0.29, 0.717) is 11.1 Å². The van der Waals surface area contributed by atoms with E-state index in [1.54, 1.807) is 24.3 Å². The number of amides is 3. The summed E-state index contributed by atoms with van der Waals surface area (Å²) in [5, 5.41) is 2.86. The molecule has 152 valence electrons. The van der Waals surface area contributed by atoms with Gasteiger partial charge in [0.05, 0.1) is 17.5 Å². The van der Waals surface area contributed by atoms with Gasteiger partial charge in [-0.1, -0.05) is 32.9 Å². The Bertz CT molecular complexity index is 757. The predicted molar refractivity (Wildman–Crippen MR) is 104 cm³/mol. The third-order valence-electron chi connectivity index (χ3n) is 4.23. The number of carbonyl (C=O) groups excluding carboxylic acids is 4. The zero-order chi connectivity index (χ0) is 21.1. The quantitative estimate of drug-likeness (QED) is 0.572. The highest BCUT2D eigenvalue weighted by atomic mass is 16.5. The maximum absolute atomic E-state index is 12.2. The average Bonchev–Trinajstić information content (AvgIpc) is 2.80. The molecule has 2 rings (SSSR count). The van der Waals surface area contributed by atoms with Crippen molar-refractivity contribution in [2.24, 2.45) is 5.41 Å². The van der Waals surface area contributed by atoms with Crippen LogP contribution >= 0.6 is 0 Å². The lowest BCUT2D eigenvalue weighted by atomic mass is 9.82. The first-order chi connectivity index (χ1) is 12.9. The molecule has 1 aromatic rings. The molecule has 7 nitrogen and oxygen atoms in total. The van der Waals surface area contributed by atoms with E-state index in [2.05, 4.69) is 26.1 Å². The molecule has 3 amide bonds. The maximum Gasteiger partial charge on any atom is 0.308 e. The molecule has 28 heavy (non-hydrogen) atoms. The fourth-order valence-corrected chi connectivity index (χ4v) is 3.65. The van der Waals surface area contributed by atoms with Gasteiger partial charge in [0, 0.05) is 12.1 Å². The molecule has 1 aliphatic heterocycles. The second-order valence-corrected chi connectivity index (χ2v) is 8.89. The third kappa shape index (κ3) is 5.65. The second-order valence-electron chi connectivity index (χ2n) is 8.89. The van der Waals surface area contributed by atoms with Gasteiger partial charge in [-0.2, -0.15) is 0 Å². The number of rotatable bonds is 7. The zero-order valence-electron chi connectivity index (χ0n) is 17.1. The minimum absolute atomic E-state index is 0.0415. The van der Waals surface area contributed by atoms with Crippen molar-refractivity contribution in [3.05, 3.63) is 35.4 Å². The van der Waals surface area contributed by atoms with Gasteiger partial charge in [-0.25, -0.2) is 0 Å². The Morgan fingerprint density at radius 1 is 1.00 bits per heavy atom. The van der Waals surface area contributed by atoms with E-state index in [-0.39, 0.29) is 24.3 Å². The van der Waals surface area contributed by atoms with E-state index in [9.17, 15) is 19.2 Å². The number of esters is 1. The molecule has 1 aliphatic rings. The van der Waals surface area contributed by atoms with E-state index in [4.69, 9.17) is 4.74 Å². The Balaban J connectivity index is 1.79. The molecule has 0 radical (unpaired) electrons. The molecular weight excluding hydrogens is 360 g/mol. The summed E-state index contributed by atoms with van der Waals surface area (Å²) in [7, 11) is 0. The van der Waals surface area contributed by atoms with Crippen molar-refractivity contribution in [3.8, 4) is 0 Å². The van der Waals surface area contributed by atoms with Gasteiger partial charge >= 0.3 is 5.97 Å². The van der Waals surface area contributed by atoms with Crippen molar-refractivity contribution in [3.63, 3.8) is 0 Å². The van der Waals surface area contributed by atoms with E-state index in [0.717, 1.165) is 11.3 Å². The van der Waals surface area contributed by atoms with Crippen LogP contribution in [-0.4, -0.2) is 47.3 Å². The Kier molecular flexibility index (Phi) is 6.27. The van der Waals surface area contributed by atoms with E-state index >= 15 is 0 Å². The van der Waals surface area contributed by atoms with Gasteiger partial charge in [0.2, 0.25) is 0 Å². The van der Waals surface area contributed by atoms with Crippen molar-refractivity contribution in [1.29, 1.82) is 0 Å². The zero-order valence-corrected chi connectivity index (χ0v) is 17.1. The monoisotopic (exact) mass is 388 g/mol. The minimum atomic E-state index is -0.639. The highest BCUT2D eigenvalue weighted by Gasteiger charge is 2.35. The highest BCUT2D eigenvalue weighted by Crippen LogP contribution is 2.26. The Labute approximate surface area is 165 Å². The first kappa shape index (κ1) is 21.6. The summed E-state index contributed by atoms with van der Waals surface area (Å²) in [4.78, 5) is 49.5. The smallest absolute Gasteiger partial charge is 0.308 e. The second kappa shape index (κ2) is 8.12. The molecule has 1 aromatic carbocycles. The SMILES string of the molecule is CC(C)(C)CC(C)(C)NC(=O)COC(=O)CCN1C(=O)c2ccccc2C1=O. The standard InChI is InChI=1S/C21H28N2O5/c1-20(2,3)13-21(4,5)22-16(24)12-28-17(25)10-11-23-18(26)14-8-6-7-9-15(14)19(23)27/h6-9H,10-13H2,1-5H3,(H,22,24). The molecular formula is C21H28N2O5. The van der Waals surface area contributed by atoms with Gasteiger partial charge in [-0.15, -0.1) is 0 Å². The summed E-state index contributed by atoms with van der Waals surface area (Å²) in [5.41, 5.74) is 0.282. The number of imide groups is 1. The Hall–Kier alpha value is -2.70. The average molecular weight is 388 g/mol. The topological polar surface area (TPSA) is 92.8 Å². The van der Waals surface area contributed by atoms with Gasteiger partial charge in [0.15, 0.2) is 6.61 Å². The number of nitrogens with zero attached hydrogens (tertiary/aromatic N) is 1. The number of nitrogens with one attached hydrogen (secondary N) is 1. The molecule has 1 heterocycles. The summed E-state index contributed by atoms with van der Waals surface area (Å²) >= 11 is 0. The van der Waals surface area contributed by atoms with Gasteiger partial charge in [-0.3, -0.25) is 24.1 Å². The van der Waals surface area contributed by atoms with Crippen LogP contribution in [0.3, 0.4) is 0 Å². The summed E-state index contributed by atoms with van der Waals surface area (Å²) in [6.45, 7) is 9.61. The van der Waals surface area contributed by atoms with E-state index in [1.807, 2.05) is 13.8 Å². The van der Waals surface area contributed by atoms with Crippen LogP contribution in [-0.2, 0) is 14.3 Å². The van der Waals surface area contributed by atoms with E-state index < -0.39 is 29.9 Å². The van der Waals surface area contributed by atoms with Gasteiger partial charge < -0.3 is 10.1 Å². The lowest BCUT2D eigenvalue weighted by molar-refractivity contribution is -0.149. The number of carbonyl (C=O) groups is 4. The fourth-order valence-electron chi connectivity index (χ4n) is 3.65. The van der Waals surface area contributed by atoms with Gasteiger partial charge in [-0.05, 0) is 37.8 Å². The molecule has 1 N–H and O–H groups in total. The molecule has 0 aromatic heterocycles. The molecule has 0 spiro atoms. The Morgan fingerprint density at radius 3 is 2.04 bits per heavy atom. The number of hydrogen-bond donors (Lipinski definition) is 1. The number of hydrogen-bond acceptors (Lipinski definition) is 5. The molecule has 0 atom stereocenters. The summed E-state index contributed by atoms with van der Waals surface area (Å²) in [5.74, 6) is -1.87. The van der Waals surface area contributed by atoms with Crippen LogP contribution in [0.15, 0.2) is 24.3 Å². The van der Waals surface area contributed by atoms with E-state index in [1.165, 1.54) is 0 Å². The van der Waals surface area contributed by atoms with Crippen molar-refractivity contribution in [2.75, 3.05) is 13.2 Å². The maximum atomic E-state index is 12.2. The lowest BCUT2D eigenvalue weighted by Gasteiger charge is -2.33. The van der Waals surface area contributed by atoms with Crippen LogP contribution in [0.5, 0.6) is 0 Å². The van der Waals surface area contributed by atoms with Crippen molar-refractivity contribution >= 4 is 23.7 Å². The summed E-state index contributed by atoms with van der Waals surface area (Å²) in [6.07, 6.45) is 0.601. The van der Waals surface area contributed by atoms with Crippen LogP contribution in [0, 0.1) is 5.41 Å². The van der Waals surface area contributed by atoms with Crippen molar-refractivity contribution in [1.82, 2.24) is 10.2 Å². The molecule has 0 saturated heterocycles. The first-order valence-electron chi connectivity index (χ1n) is 9.31. The van der Waals surface area contributed by atoms with Crippen molar-refractivity contribution < 1.29 is 23.9 Å². The largest absolute Gasteiger partial charge is 0.456 e. The Morgan fingerprint density at radius 2 is 1.54 bits per heavy atom. The van der Waals surface area contributed by atoms with Crippen LogP contribution in [0.4, 0.5) is 0 Å². The lowest BCUT2D eigenvalue weighted by Crippen LogP contribution is -2.47. The minimum Gasteiger partial charge on any atom is -0.456 e. The molecule has 7 heteroatoms. The third-order valence-corrected chi connectivity index (χ3v) is 4.23. The van der Waals surface area contributed by atoms with Gasteiger partial charge in [0.25, 0.3) is 17.7 Å².